The van der Waals surface area contributed by atoms with Gasteiger partial charge >= 0.3 is 6.09 Å². The van der Waals surface area contributed by atoms with E-state index in [4.69, 9.17) is 15.1 Å². The first kappa shape index (κ1) is 29.7. The minimum Gasteiger partial charge on any atom is -0.465 e. The fourth-order valence-corrected chi connectivity index (χ4v) is 7.11. The normalized spacial score (nSPS) is 27.7. The van der Waals surface area contributed by atoms with Gasteiger partial charge < -0.3 is 20.1 Å². The molecule has 1 amide bonds. The summed E-state index contributed by atoms with van der Waals surface area (Å²) in [6.07, 6.45) is 12.1. The van der Waals surface area contributed by atoms with Crippen LogP contribution >= 0.6 is 0 Å². The minimum absolute atomic E-state index is 0.00739. The van der Waals surface area contributed by atoms with Crippen LogP contribution in [0.4, 0.5) is 22.1 Å². The topological polar surface area (TPSA) is 139 Å². The predicted molar refractivity (Wildman–Crippen MR) is 162 cm³/mol. The molecule has 11 nitrogen and oxygen atoms in total. The van der Waals surface area contributed by atoms with Crippen LogP contribution in [0.3, 0.4) is 0 Å². The van der Waals surface area contributed by atoms with Gasteiger partial charge in [-0.05, 0) is 69.9 Å². The summed E-state index contributed by atoms with van der Waals surface area (Å²) in [7, 11) is 0. The number of amidine groups is 1. The summed E-state index contributed by atoms with van der Waals surface area (Å²) in [5.74, 6) is 2.47. The molecule has 41 heavy (non-hydrogen) atoms. The van der Waals surface area contributed by atoms with Crippen LogP contribution in [-0.4, -0.2) is 83.2 Å². The fraction of sp³-hybridized carbons (Fsp3) is 0.767. The van der Waals surface area contributed by atoms with Gasteiger partial charge in [0.25, 0.3) is 0 Å². The second-order valence-corrected chi connectivity index (χ2v) is 12.7. The van der Waals surface area contributed by atoms with E-state index in [9.17, 15) is 9.90 Å². The van der Waals surface area contributed by atoms with E-state index in [2.05, 4.69) is 51.0 Å². The highest BCUT2D eigenvalue weighted by Crippen LogP contribution is 2.40. The predicted octanol–water partition coefficient (Wildman–Crippen LogP) is 5.24. The molecule has 11 heteroatoms. The van der Waals surface area contributed by atoms with E-state index in [1.807, 2.05) is 0 Å². The van der Waals surface area contributed by atoms with Crippen LogP contribution in [0, 0.1) is 23.2 Å². The molecule has 4 N–H and O–H groups in total. The quantitative estimate of drug-likeness (QED) is 0.222. The van der Waals surface area contributed by atoms with E-state index in [1.165, 1.54) is 57.8 Å². The number of nitrogens with one attached hydrogen (secondary N) is 3. The van der Waals surface area contributed by atoms with Crippen molar-refractivity contribution in [3.05, 3.63) is 5.82 Å². The van der Waals surface area contributed by atoms with E-state index in [-0.39, 0.29) is 23.8 Å². The first-order valence-electron chi connectivity index (χ1n) is 15.7. The van der Waals surface area contributed by atoms with Crippen LogP contribution in [0.5, 0.6) is 0 Å². The first-order chi connectivity index (χ1) is 19.8. The molecular formula is C30H48N8O3. The Labute approximate surface area is 244 Å². The van der Waals surface area contributed by atoms with Crippen LogP contribution in [-0.2, 0) is 4.74 Å². The van der Waals surface area contributed by atoms with Gasteiger partial charge in [-0.25, -0.2) is 19.8 Å². The molecule has 1 saturated heterocycles. The standard InChI is InChI=1S/C30H48N8O3/c1-19-11-13-21(14-12-19)17-38(18-37-15-16-41-24-10-5-4-9-23(24)37)25-27(32-3)35-29(26(31)34-30(39)40)36-28(25)33-20(2)22-7-6-8-22/h19-24H,3-18H2,1-2H3,(H2,31,34)(H,39,40)(H,33,35,36)/t19-,20-,21-,23?,24?/m1/s1. The van der Waals surface area contributed by atoms with Crippen molar-refractivity contribution in [2.45, 2.75) is 103 Å². The van der Waals surface area contributed by atoms with Gasteiger partial charge in [-0.1, -0.05) is 39.0 Å². The Balaban J connectivity index is 1.52. The van der Waals surface area contributed by atoms with Crippen molar-refractivity contribution in [2.24, 2.45) is 22.7 Å². The number of carbonyl (C=O) groups is 1. The highest BCUT2D eigenvalue weighted by molar-refractivity contribution is 6.02. The number of morpholine rings is 1. The number of aliphatic imine (C=N–C) groups is 1. The van der Waals surface area contributed by atoms with Crippen molar-refractivity contribution in [3.63, 3.8) is 0 Å². The number of nitrogens with zero attached hydrogens (tertiary/aromatic N) is 5. The summed E-state index contributed by atoms with van der Waals surface area (Å²) in [6, 6.07) is 0.568. The second kappa shape index (κ2) is 13.5. The number of hydrogen-bond acceptors (Lipinski definition) is 9. The highest BCUT2D eigenvalue weighted by Gasteiger charge is 2.37. The maximum atomic E-state index is 11.3. The van der Waals surface area contributed by atoms with E-state index in [1.54, 1.807) is 0 Å². The minimum atomic E-state index is -1.32. The van der Waals surface area contributed by atoms with Crippen LogP contribution in [0.2, 0.25) is 0 Å². The summed E-state index contributed by atoms with van der Waals surface area (Å²) < 4.78 is 6.20. The maximum absolute atomic E-state index is 11.3. The number of carboxylic acid groups (broad SMARTS) is 1. The van der Waals surface area contributed by atoms with Crippen LogP contribution in [0.15, 0.2) is 4.99 Å². The maximum Gasteiger partial charge on any atom is 0.410 e. The molecule has 2 unspecified atom stereocenters. The molecule has 1 aromatic rings. The van der Waals surface area contributed by atoms with Crippen LogP contribution in [0.25, 0.3) is 0 Å². The number of rotatable bonds is 10. The molecular weight excluding hydrogens is 520 g/mol. The number of aromatic nitrogens is 2. The molecule has 1 aliphatic heterocycles. The van der Waals surface area contributed by atoms with Crippen LogP contribution < -0.4 is 15.5 Å². The molecule has 0 bridgehead atoms. The Morgan fingerprint density at radius 3 is 2.61 bits per heavy atom. The van der Waals surface area contributed by atoms with Crippen molar-refractivity contribution >= 4 is 36.0 Å². The zero-order valence-corrected chi connectivity index (χ0v) is 24.8. The summed E-state index contributed by atoms with van der Waals surface area (Å²) in [5, 5.41) is 23.3. The molecule has 4 fully saturated rings. The Hall–Kier alpha value is -2.79. The average molecular weight is 569 g/mol. The Bertz CT molecular complexity index is 1090. The monoisotopic (exact) mass is 568 g/mol. The number of fused-ring (bicyclic) bond motifs is 1. The number of anilines is 2. The molecule has 3 aliphatic carbocycles. The Morgan fingerprint density at radius 1 is 1.17 bits per heavy atom. The summed E-state index contributed by atoms with van der Waals surface area (Å²) in [4.78, 5) is 30.0. The lowest BCUT2D eigenvalue weighted by Gasteiger charge is -2.46. The third kappa shape index (κ3) is 7.17. The summed E-state index contributed by atoms with van der Waals surface area (Å²) in [6.45, 7) is 11.6. The van der Waals surface area contributed by atoms with Gasteiger partial charge in [0.1, 0.15) is 5.69 Å². The van der Waals surface area contributed by atoms with Crippen molar-refractivity contribution in [2.75, 3.05) is 36.6 Å². The van der Waals surface area contributed by atoms with E-state index >= 15 is 0 Å². The third-order valence-corrected chi connectivity index (χ3v) is 9.82. The van der Waals surface area contributed by atoms with Gasteiger partial charge in [-0.3, -0.25) is 15.6 Å². The lowest BCUT2D eigenvalue weighted by atomic mass is 9.80. The molecule has 0 spiro atoms. The van der Waals surface area contributed by atoms with Gasteiger partial charge in [0.05, 0.1) is 19.4 Å². The van der Waals surface area contributed by atoms with Gasteiger partial charge in [0, 0.05) is 25.2 Å². The highest BCUT2D eigenvalue weighted by atomic mass is 16.5. The number of amides is 1. The second-order valence-electron chi connectivity index (χ2n) is 12.7. The fourth-order valence-electron chi connectivity index (χ4n) is 7.11. The lowest BCUT2D eigenvalue weighted by molar-refractivity contribution is -0.0879. The largest absolute Gasteiger partial charge is 0.465 e. The van der Waals surface area contributed by atoms with Crippen LogP contribution in [0.1, 0.15) is 90.3 Å². The SMILES string of the molecule is C=Nc1nc(C(=N)NC(=O)O)nc(N[C@H](C)C2CCC2)c1N(CN1CCOC2CCCCC21)C[C@H]1CC[C@H](C)CC1. The Kier molecular flexibility index (Phi) is 9.75. The average Bonchev–Trinajstić information content (AvgIpc) is 2.92. The van der Waals surface area contributed by atoms with E-state index in [0.717, 1.165) is 50.8 Å². The number of hydrogen-bond donors (Lipinski definition) is 4. The summed E-state index contributed by atoms with van der Waals surface area (Å²) >= 11 is 0. The van der Waals surface area contributed by atoms with Crippen molar-refractivity contribution in [1.82, 2.24) is 20.2 Å². The van der Waals surface area contributed by atoms with Crippen molar-refractivity contribution < 1.29 is 14.6 Å². The number of ether oxygens (including phenoxy) is 1. The molecule has 2 heterocycles. The zero-order valence-electron chi connectivity index (χ0n) is 24.8. The molecule has 0 radical (unpaired) electrons. The van der Waals surface area contributed by atoms with Gasteiger partial charge in [-0.15, -0.1) is 0 Å². The lowest BCUT2D eigenvalue weighted by Crippen LogP contribution is -2.56. The van der Waals surface area contributed by atoms with E-state index < -0.39 is 6.09 Å². The van der Waals surface area contributed by atoms with Gasteiger partial charge in [-0.2, -0.15) is 0 Å². The van der Waals surface area contributed by atoms with E-state index in [0.29, 0.717) is 29.5 Å². The third-order valence-electron chi connectivity index (χ3n) is 9.82. The van der Waals surface area contributed by atoms with Crippen molar-refractivity contribution in [1.29, 1.82) is 5.41 Å². The zero-order chi connectivity index (χ0) is 28.9. The molecule has 1 aromatic heterocycles. The molecule has 226 valence electrons. The molecule has 3 atom stereocenters. The molecule has 0 aromatic carbocycles. The smallest absolute Gasteiger partial charge is 0.410 e. The van der Waals surface area contributed by atoms with Gasteiger partial charge in [0.15, 0.2) is 23.3 Å². The summed E-state index contributed by atoms with van der Waals surface area (Å²) in [5.41, 5.74) is 0.801. The molecule has 4 aliphatic rings. The first-order valence-corrected chi connectivity index (χ1v) is 15.7. The molecule has 3 saturated carbocycles. The Morgan fingerprint density at radius 2 is 1.93 bits per heavy atom. The van der Waals surface area contributed by atoms with Gasteiger partial charge in [0.2, 0.25) is 0 Å². The van der Waals surface area contributed by atoms with Crippen molar-refractivity contribution in [3.8, 4) is 0 Å². The molecule has 5 rings (SSSR count).